The molecule has 0 atom stereocenters. The van der Waals surface area contributed by atoms with Crippen LogP contribution in [0.2, 0.25) is 0 Å². The predicted molar refractivity (Wildman–Crippen MR) is 76.0 cm³/mol. The minimum Gasteiger partial charge on any atom is -0.377 e. The van der Waals surface area contributed by atoms with Gasteiger partial charge in [-0.2, -0.15) is 0 Å². The van der Waals surface area contributed by atoms with Gasteiger partial charge in [-0.3, -0.25) is 4.79 Å². The van der Waals surface area contributed by atoms with E-state index in [-0.39, 0.29) is 12.0 Å². The van der Waals surface area contributed by atoms with Gasteiger partial charge >= 0.3 is 0 Å². The highest BCUT2D eigenvalue weighted by molar-refractivity contribution is 7.09. The van der Waals surface area contributed by atoms with Crippen molar-refractivity contribution < 1.29 is 9.53 Å². The van der Waals surface area contributed by atoms with Crippen molar-refractivity contribution in [1.29, 1.82) is 0 Å². The number of unbranched alkanes of at least 4 members (excludes halogenated alkanes) is 1. The molecule has 0 aliphatic rings. The van der Waals surface area contributed by atoms with Gasteiger partial charge in [0.05, 0.1) is 12.7 Å². The first-order chi connectivity index (χ1) is 8.68. The summed E-state index contributed by atoms with van der Waals surface area (Å²) in [6, 6.07) is 4.22. The van der Waals surface area contributed by atoms with E-state index in [1.807, 2.05) is 13.8 Å². The molecule has 1 aromatic rings. The number of ether oxygens (including phenoxy) is 1. The van der Waals surface area contributed by atoms with E-state index in [1.165, 1.54) is 4.88 Å². The van der Waals surface area contributed by atoms with Crippen LogP contribution < -0.4 is 5.32 Å². The highest BCUT2D eigenvalue weighted by Gasteiger charge is 2.01. The van der Waals surface area contributed by atoms with Crippen LogP contribution in [-0.2, 0) is 16.0 Å². The maximum atomic E-state index is 11.5. The zero-order valence-corrected chi connectivity index (χ0v) is 12.1. The van der Waals surface area contributed by atoms with Crippen LogP contribution >= 0.6 is 11.3 Å². The Bertz CT molecular complexity index is 323. The minimum absolute atomic E-state index is 0.133. The van der Waals surface area contributed by atoms with E-state index in [4.69, 9.17) is 4.74 Å². The van der Waals surface area contributed by atoms with Gasteiger partial charge in [-0.1, -0.05) is 6.07 Å². The lowest BCUT2D eigenvalue weighted by Gasteiger charge is -2.08. The Morgan fingerprint density at radius 3 is 2.94 bits per heavy atom. The summed E-state index contributed by atoms with van der Waals surface area (Å²) in [7, 11) is 0. The van der Waals surface area contributed by atoms with Crippen LogP contribution in [0.1, 0.15) is 38.0 Å². The molecular weight excluding hydrogens is 246 g/mol. The van der Waals surface area contributed by atoms with Crippen molar-refractivity contribution in [2.75, 3.05) is 13.2 Å². The highest BCUT2D eigenvalue weighted by Crippen LogP contribution is 2.12. The van der Waals surface area contributed by atoms with Crippen LogP contribution in [0, 0.1) is 0 Å². The molecule has 1 amide bonds. The number of thiophene rings is 1. The van der Waals surface area contributed by atoms with Gasteiger partial charge in [0.1, 0.15) is 0 Å². The quantitative estimate of drug-likeness (QED) is 0.700. The molecule has 102 valence electrons. The predicted octanol–water partition coefficient (Wildman–Crippen LogP) is 3.00. The number of rotatable bonds is 9. The fourth-order valence-corrected chi connectivity index (χ4v) is 2.36. The Morgan fingerprint density at radius 2 is 2.28 bits per heavy atom. The number of carbonyl (C=O) groups is 1. The van der Waals surface area contributed by atoms with Gasteiger partial charge < -0.3 is 10.1 Å². The molecule has 1 N–H and O–H groups in total. The lowest BCUT2D eigenvalue weighted by molar-refractivity contribution is -0.121. The van der Waals surface area contributed by atoms with Gasteiger partial charge in [0.25, 0.3) is 0 Å². The third-order valence-electron chi connectivity index (χ3n) is 2.53. The van der Waals surface area contributed by atoms with Crippen LogP contribution in [0.3, 0.4) is 0 Å². The molecule has 0 spiro atoms. The number of hydrogen-bond acceptors (Lipinski definition) is 3. The van der Waals surface area contributed by atoms with E-state index in [2.05, 4.69) is 22.8 Å². The fraction of sp³-hybridized carbons (Fsp3) is 0.643. The molecule has 0 saturated carbocycles. The maximum absolute atomic E-state index is 11.5. The van der Waals surface area contributed by atoms with Crippen LogP contribution in [0.4, 0.5) is 0 Å². The summed E-state index contributed by atoms with van der Waals surface area (Å²) in [5.74, 6) is 0.133. The zero-order valence-electron chi connectivity index (χ0n) is 11.3. The summed E-state index contributed by atoms with van der Waals surface area (Å²) < 4.78 is 5.35. The van der Waals surface area contributed by atoms with E-state index in [1.54, 1.807) is 11.3 Å². The minimum atomic E-state index is 0.133. The number of amides is 1. The molecule has 0 aliphatic carbocycles. The number of hydrogen-bond donors (Lipinski definition) is 1. The molecule has 0 aromatic carbocycles. The third kappa shape index (κ3) is 7.45. The largest absolute Gasteiger partial charge is 0.377 e. The Balaban J connectivity index is 1.93. The molecule has 1 rings (SSSR count). The van der Waals surface area contributed by atoms with E-state index < -0.39 is 0 Å². The number of carbonyl (C=O) groups excluding carboxylic acids is 1. The second kappa shape index (κ2) is 9.11. The third-order valence-corrected chi connectivity index (χ3v) is 3.47. The zero-order chi connectivity index (χ0) is 13.2. The van der Waals surface area contributed by atoms with Gasteiger partial charge in [-0.05, 0) is 44.6 Å². The molecule has 0 fully saturated rings. The summed E-state index contributed by atoms with van der Waals surface area (Å²) in [5.41, 5.74) is 0. The summed E-state index contributed by atoms with van der Waals surface area (Å²) in [4.78, 5) is 12.9. The SMILES string of the molecule is CC(C)OCCNC(=O)CCCCc1cccs1. The first kappa shape index (κ1) is 15.2. The molecule has 0 bridgehead atoms. The second-order valence-electron chi connectivity index (χ2n) is 4.56. The Hall–Kier alpha value is -0.870. The average molecular weight is 269 g/mol. The van der Waals surface area contributed by atoms with Crippen molar-refractivity contribution in [3.05, 3.63) is 22.4 Å². The monoisotopic (exact) mass is 269 g/mol. The van der Waals surface area contributed by atoms with Gasteiger partial charge in [0, 0.05) is 17.8 Å². The lowest BCUT2D eigenvalue weighted by atomic mass is 10.1. The Kier molecular flexibility index (Phi) is 7.69. The maximum Gasteiger partial charge on any atom is 0.220 e. The molecule has 0 unspecified atom stereocenters. The van der Waals surface area contributed by atoms with Gasteiger partial charge in [-0.15, -0.1) is 11.3 Å². The Morgan fingerprint density at radius 1 is 1.44 bits per heavy atom. The van der Waals surface area contributed by atoms with Gasteiger partial charge in [-0.25, -0.2) is 0 Å². The molecule has 3 nitrogen and oxygen atoms in total. The van der Waals surface area contributed by atoms with E-state index in [0.29, 0.717) is 19.6 Å². The summed E-state index contributed by atoms with van der Waals surface area (Å²) in [5, 5.41) is 4.96. The summed E-state index contributed by atoms with van der Waals surface area (Å²) in [6.45, 7) is 5.19. The van der Waals surface area contributed by atoms with Crippen LogP contribution in [0.15, 0.2) is 17.5 Å². The smallest absolute Gasteiger partial charge is 0.220 e. The van der Waals surface area contributed by atoms with Crippen LogP contribution in [-0.4, -0.2) is 25.2 Å². The molecule has 0 radical (unpaired) electrons. The number of aryl methyl sites for hydroxylation is 1. The van der Waals surface area contributed by atoms with E-state index in [9.17, 15) is 4.79 Å². The number of nitrogens with one attached hydrogen (secondary N) is 1. The molecule has 0 aliphatic heterocycles. The van der Waals surface area contributed by atoms with Crippen molar-refractivity contribution in [1.82, 2.24) is 5.32 Å². The fourth-order valence-electron chi connectivity index (χ4n) is 1.61. The van der Waals surface area contributed by atoms with Crippen LogP contribution in [0.25, 0.3) is 0 Å². The van der Waals surface area contributed by atoms with Crippen molar-refractivity contribution in [2.24, 2.45) is 0 Å². The van der Waals surface area contributed by atoms with Crippen molar-refractivity contribution in [2.45, 2.75) is 45.6 Å². The van der Waals surface area contributed by atoms with Gasteiger partial charge in [0.15, 0.2) is 0 Å². The molecule has 18 heavy (non-hydrogen) atoms. The first-order valence-corrected chi connectivity index (χ1v) is 7.47. The second-order valence-corrected chi connectivity index (χ2v) is 5.59. The lowest BCUT2D eigenvalue weighted by Crippen LogP contribution is -2.27. The molecular formula is C14H23NO2S. The molecule has 1 heterocycles. The van der Waals surface area contributed by atoms with Crippen LogP contribution in [0.5, 0.6) is 0 Å². The molecule has 0 saturated heterocycles. The van der Waals surface area contributed by atoms with Crippen molar-refractivity contribution >= 4 is 17.2 Å². The highest BCUT2D eigenvalue weighted by atomic mass is 32.1. The Labute approximate surface area is 114 Å². The van der Waals surface area contributed by atoms with Crippen molar-refractivity contribution in [3.8, 4) is 0 Å². The van der Waals surface area contributed by atoms with E-state index >= 15 is 0 Å². The standard InChI is InChI=1S/C14H23NO2S/c1-12(2)17-10-9-15-14(16)8-4-3-6-13-7-5-11-18-13/h5,7,11-12H,3-4,6,8-10H2,1-2H3,(H,15,16). The van der Waals surface area contributed by atoms with Gasteiger partial charge in [0.2, 0.25) is 5.91 Å². The summed E-state index contributed by atoms with van der Waals surface area (Å²) in [6.07, 6.45) is 3.97. The topological polar surface area (TPSA) is 38.3 Å². The summed E-state index contributed by atoms with van der Waals surface area (Å²) >= 11 is 1.78. The first-order valence-electron chi connectivity index (χ1n) is 6.59. The van der Waals surface area contributed by atoms with E-state index in [0.717, 1.165) is 19.3 Å². The normalized spacial score (nSPS) is 10.8. The van der Waals surface area contributed by atoms with Crippen molar-refractivity contribution in [3.63, 3.8) is 0 Å². The molecule has 1 aromatic heterocycles. The average Bonchev–Trinajstić information content (AvgIpc) is 2.83. The molecule has 4 heteroatoms.